The van der Waals surface area contributed by atoms with Gasteiger partial charge in [-0.2, -0.15) is 0 Å². The van der Waals surface area contributed by atoms with Crippen molar-refractivity contribution in [2.24, 2.45) is 0 Å². The number of ether oxygens (including phenoxy) is 1. The molecule has 0 saturated heterocycles. The molecule has 0 aromatic heterocycles. The molecule has 4 nitrogen and oxygen atoms in total. The number of hydrogen-bond donors (Lipinski definition) is 1. The summed E-state index contributed by atoms with van der Waals surface area (Å²) in [5.74, 6) is -0.239. The van der Waals surface area contributed by atoms with E-state index in [2.05, 4.69) is 0 Å². The smallest absolute Gasteiger partial charge is 0.315 e. The van der Waals surface area contributed by atoms with E-state index in [1.807, 2.05) is 6.07 Å². The highest BCUT2D eigenvalue weighted by Gasteiger charge is 2.24. The number of ketones is 1. The largest absolute Gasteiger partial charge is 0.426 e. The van der Waals surface area contributed by atoms with Crippen molar-refractivity contribution >= 4 is 11.8 Å². The number of carbonyl (C=O) groups excluding carboxylic acids is 2. The molecule has 0 saturated carbocycles. The molecule has 1 aromatic carbocycles. The van der Waals surface area contributed by atoms with Crippen molar-refractivity contribution in [3.05, 3.63) is 42.0 Å². The summed E-state index contributed by atoms with van der Waals surface area (Å²) in [7, 11) is 0. The molecular formula is C13H12O4. The van der Waals surface area contributed by atoms with Gasteiger partial charge in [-0.25, -0.2) is 0 Å². The van der Waals surface area contributed by atoms with Gasteiger partial charge in [0.15, 0.2) is 5.78 Å². The highest BCUT2D eigenvalue weighted by Crippen LogP contribution is 2.19. The zero-order chi connectivity index (χ0) is 12.3. The minimum atomic E-state index is -0.762. The second-order valence-corrected chi connectivity index (χ2v) is 3.85. The van der Waals surface area contributed by atoms with E-state index in [-0.39, 0.29) is 18.6 Å². The Balaban J connectivity index is 1.94. The molecule has 1 aliphatic rings. The van der Waals surface area contributed by atoms with Crippen LogP contribution in [0.15, 0.2) is 42.0 Å². The number of benzene rings is 1. The first-order chi connectivity index (χ1) is 8.15. The monoisotopic (exact) mass is 232 g/mol. The van der Waals surface area contributed by atoms with Gasteiger partial charge in [0.25, 0.3) is 0 Å². The minimum Gasteiger partial charge on any atom is -0.426 e. The third-order valence-electron chi connectivity index (χ3n) is 2.46. The van der Waals surface area contributed by atoms with Gasteiger partial charge in [0.1, 0.15) is 5.75 Å². The molecule has 1 aliphatic carbocycles. The Labute approximate surface area is 98.5 Å². The van der Waals surface area contributed by atoms with Crippen molar-refractivity contribution < 1.29 is 19.4 Å². The molecule has 88 valence electrons. The molecule has 4 heteroatoms. The van der Waals surface area contributed by atoms with E-state index >= 15 is 0 Å². The predicted octanol–water partition coefficient (Wildman–Crippen LogP) is 1.24. The Morgan fingerprint density at radius 1 is 1.35 bits per heavy atom. The molecule has 0 unspecified atom stereocenters. The normalized spacial score (nSPS) is 19.0. The minimum absolute atomic E-state index is 0.0634. The number of Topliss-reactive ketones (excluding diaryl/α,β-unsaturated/α-hetero) is 1. The van der Waals surface area contributed by atoms with Gasteiger partial charge in [-0.15, -0.1) is 0 Å². The number of hydrogen-bond acceptors (Lipinski definition) is 4. The molecule has 0 aliphatic heterocycles. The Hall–Kier alpha value is -1.94. The molecule has 1 atom stereocenters. The van der Waals surface area contributed by atoms with Crippen LogP contribution < -0.4 is 4.74 Å². The van der Waals surface area contributed by atoms with Crippen LogP contribution in [0.4, 0.5) is 0 Å². The van der Waals surface area contributed by atoms with E-state index in [9.17, 15) is 14.7 Å². The number of para-hydroxylation sites is 1. The van der Waals surface area contributed by atoms with Gasteiger partial charge in [0.05, 0.1) is 12.5 Å². The van der Waals surface area contributed by atoms with Crippen LogP contribution in [0, 0.1) is 0 Å². The fourth-order valence-electron chi connectivity index (χ4n) is 1.67. The van der Waals surface area contributed by atoms with Gasteiger partial charge in [-0.05, 0) is 18.2 Å². The van der Waals surface area contributed by atoms with Crippen molar-refractivity contribution in [1.82, 2.24) is 0 Å². The Morgan fingerprint density at radius 3 is 2.65 bits per heavy atom. The molecule has 17 heavy (non-hydrogen) atoms. The van der Waals surface area contributed by atoms with E-state index in [4.69, 9.17) is 4.74 Å². The molecular weight excluding hydrogens is 220 g/mol. The third kappa shape index (κ3) is 3.01. The van der Waals surface area contributed by atoms with Crippen molar-refractivity contribution in [3.63, 3.8) is 0 Å². The topological polar surface area (TPSA) is 63.6 Å². The summed E-state index contributed by atoms with van der Waals surface area (Å²) < 4.78 is 5.05. The van der Waals surface area contributed by atoms with Crippen molar-refractivity contribution in [2.45, 2.75) is 18.9 Å². The van der Waals surface area contributed by atoms with Gasteiger partial charge in [-0.1, -0.05) is 18.2 Å². The number of aliphatic hydroxyl groups excluding tert-OH is 1. The van der Waals surface area contributed by atoms with Crippen LogP contribution in [0.25, 0.3) is 0 Å². The fourth-order valence-corrected chi connectivity index (χ4v) is 1.67. The summed E-state index contributed by atoms with van der Waals surface area (Å²) in [4.78, 5) is 22.9. The lowest BCUT2D eigenvalue weighted by Gasteiger charge is -2.03. The van der Waals surface area contributed by atoms with Crippen LogP contribution in [-0.4, -0.2) is 23.0 Å². The first kappa shape index (κ1) is 11.5. The predicted molar refractivity (Wildman–Crippen MR) is 60.4 cm³/mol. The van der Waals surface area contributed by atoms with Crippen LogP contribution in [0.1, 0.15) is 12.8 Å². The number of aliphatic hydroxyl groups is 1. The maximum Gasteiger partial charge on any atom is 0.315 e. The molecule has 0 bridgehead atoms. The van der Waals surface area contributed by atoms with E-state index in [0.29, 0.717) is 11.3 Å². The molecule has 0 heterocycles. The van der Waals surface area contributed by atoms with E-state index < -0.39 is 12.1 Å². The average Bonchev–Trinajstić information content (AvgIpc) is 2.58. The SMILES string of the molecule is O=C(CC1=C[C@@H](O)CC1=O)Oc1ccccc1. The van der Waals surface area contributed by atoms with Crippen LogP contribution in [0.3, 0.4) is 0 Å². The first-order valence-electron chi connectivity index (χ1n) is 5.33. The maximum atomic E-state index is 11.5. The Bertz CT molecular complexity index is 462. The molecule has 0 radical (unpaired) electrons. The molecule has 0 fully saturated rings. The highest BCUT2D eigenvalue weighted by molar-refractivity contribution is 6.01. The van der Waals surface area contributed by atoms with Crippen LogP contribution in [0.5, 0.6) is 5.75 Å². The second kappa shape index (κ2) is 4.93. The lowest BCUT2D eigenvalue weighted by Crippen LogP contribution is -2.11. The molecule has 0 spiro atoms. The third-order valence-corrected chi connectivity index (χ3v) is 2.46. The van der Waals surface area contributed by atoms with Crippen LogP contribution >= 0.6 is 0 Å². The number of carbonyl (C=O) groups is 2. The van der Waals surface area contributed by atoms with Crippen LogP contribution in [0.2, 0.25) is 0 Å². The van der Waals surface area contributed by atoms with E-state index in [0.717, 1.165) is 0 Å². The summed E-state index contributed by atoms with van der Waals surface area (Å²) >= 11 is 0. The van der Waals surface area contributed by atoms with E-state index in [1.54, 1.807) is 24.3 Å². The zero-order valence-corrected chi connectivity index (χ0v) is 9.13. The summed E-state index contributed by atoms with van der Waals surface area (Å²) in [6, 6.07) is 8.66. The van der Waals surface area contributed by atoms with Crippen molar-refractivity contribution in [3.8, 4) is 5.75 Å². The Morgan fingerprint density at radius 2 is 2.06 bits per heavy atom. The lowest BCUT2D eigenvalue weighted by atomic mass is 10.1. The molecule has 0 amide bonds. The number of rotatable bonds is 3. The number of esters is 1. The van der Waals surface area contributed by atoms with Crippen LogP contribution in [-0.2, 0) is 9.59 Å². The molecule has 1 aromatic rings. The molecule has 2 rings (SSSR count). The van der Waals surface area contributed by atoms with Gasteiger partial charge in [0, 0.05) is 12.0 Å². The standard InChI is InChI=1S/C13H12O4/c14-10-6-9(12(15)8-10)7-13(16)17-11-4-2-1-3-5-11/h1-6,10,14H,7-8H2/t10-/m1/s1. The van der Waals surface area contributed by atoms with Gasteiger partial charge >= 0.3 is 5.97 Å². The van der Waals surface area contributed by atoms with Gasteiger partial charge < -0.3 is 9.84 Å². The first-order valence-corrected chi connectivity index (χ1v) is 5.33. The fraction of sp³-hybridized carbons (Fsp3) is 0.231. The summed E-state index contributed by atoms with van der Waals surface area (Å²) in [5.41, 5.74) is 0.332. The summed E-state index contributed by atoms with van der Waals surface area (Å²) in [6.45, 7) is 0. The molecule has 1 N–H and O–H groups in total. The highest BCUT2D eigenvalue weighted by atomic mass is 16.5. The average molecular weight is 232 g/mol. The summed E-state index contributed by atoms with van der Waals surface area (Å²) in [6.07, 6.45) is 0.620. The van der Waals surface area contributed by atoms with Crippen molar-refractivity contribution in [1.29, 1.82) is 0 Å². The zero-order valence-electron chi connectivity index (χ0n) is 9.13. The van der Waals surface area contributed by atoms with E-state index in [1.165, 1.54) is 6.08 Å². The lowest BCUT2D eigenvalue weighted by molar-refractivity contribution is -0.134. The Kier molecular flexibility index (Phi) is 3.35. The summed E-state index contributed by atoms with van der Waals surface area (Å²) in [5, 5.41) is 9.22. The van der Waals surface area contributed by atoms with Crippen molar-refractivity contribution in [2.75, 3.05) is 0 Å². The maximum absolute atomic E-state index is 11.5. The second-order valence-electron chi connectivity index (χ2n) is 3.85. The van der Waals surface area contributed by atoms with Gasteiger partial charge in [0.2, 0.25) is 0 Å². The quantitative estimate of drug-likeness (QED) is 0.629. The van der Waals surface area contributed by atoms with Gasteiger partial charge in [-0.3, -0.25) is 9.59 Å².